The van der Waals surface area contributed by atoms with Crippen LogP contribution in [0.4, 0.5) is 0 Å². The van der Waals surface area contributed by atoms with E-state index in [9.17, 15) is 4.79 Å². The molecule has 3 atom stereocenters. The summed E-state index contributed by atoms with van der Waals surface area (Å²) in [7, 11) is 0. The number of rotatable bonds is 9. The van der Waals surface area contributed by atoms with E-state index in [-0.39, 0.29) is 13.2 Å². The second kappa shape index (κ2) is 10.9. The molecule has 0 N–H and O–H groups in total. The van der Waals surface area contributed by atoms with Gasteiger partial charge in [0.15, 0.2) is 6.10 Å². The second-order valence-corrected chi connectivity index (χ2v) is 7.44. The smallest absolute Gasteiger partial charge is 0.338 e. The molecule has 1 aliphatic rings. The van der Waals surface area contributed by atoms with E-state index in [2.05, 4.69) is 0 Å². The van der Waals surface area contributed by atoms with Crippen LogP contribution in [0.15, 0.2) is 91.0 Å². The third kappa shape index (κ3) is 6.01. The van der Waals surface area contributed by atoms with Crippen LogP contribution in [0.25, 0.3) is 0 Å². The Bertz CT molecular complexity index is 930. The van der Waals surface area contributed by atoms with Gasteiger partial charge >= 0.3 is 5.97 Å². The quantitative estimate of drug-likeness (QED) is 0.485. The summed E-state index contributed by atoms with van der Waals surface area (Å²) in [5.41, 5.74) is 3.04. The summed E-state index contributed by atoms with van der Waals surface area (Å²) in [5, 5.41) is 0. The molecule has 5 nitrogen and oxygen atoms in total. The predicted octanol–water partition coefficient (Wildman–Crippen LogP) is 4.30. The van der Waals surface area contributed by atoms with Crippen molar-refractivity contribution >= 4 is 5.97 Å². The molecule has 0 spiro atoms. The lowest BCUT2D eigenvalue weighted by molar-refractivity contribution is -0.215. The van der Waals surface area contributed by atoms with Gasteiger partial charge in [0, 0.05) is 0 Å². The van der Waals surface area contributed by atoms with E-state index in [0.717, 1.165) is 16.7 Å². The Balaban J connectivity index is 1.47. The standard InChI is InChI=1S/C26H26O5/c27-26-25(30-18-22-14-8-3-9-15-22)24(29-17-21-12-6-2-7-13-21)23(19-31-26)28-16-20-10-4-1-5-11-20/h1-15,23-25H,16-19H2/t23-,24+,25-/m1/s1. The fraction of sp³-hybridized carbons (Fsp3) is 0.269. The van der Waals surface area contributed by atoms with E-state index in [0.29, 0.717) is 13.2 Å². The van der Waals surface area contributed by atoms with Crippen LogP contribution in [0, 0.1) is 0 Å². The van der Waals surface area contributed by atoms with E-state index >= 15 is 0 Å². The van der Waals surface area contributed by atoms with Gasteiger partial charge in [0.05, 0.1) is 19.8 Å². The zero-order valence-electron chi connectivity index (χ0n) is 17.3. The highest BCUT2D eigenvalue weighted by atomic mass is 16.6. The normalized spacial score (nSPS) is 20.9. The Morgan fingerprint density at radius 3 is 1.61 bits per heavy atom. The van der Waals surface area contributed by atoms with Crippen molar-refractivity contribution < 1.29 is 23.7 Å². The van der Waals surface area contributed by atoms with Gasteiger partial charge in [-0.05, 0) is 16.7 Å². The van der Waals surface area contributed by atoms with Crippen LogP contribution < -0.4 is 0 Å². The van der Waals surface area contributed by atoms with Gasteiger partial charge in [0.2, 0.25) is 0 Å². The Hall–Kier alpha value is -2.99. The Labute approximate surface area is 182 Å². The number of benzene rings is 3. The number of hydrogen-bond donors (Lipinski definition) is 0. The largest absolute Gasteiger partial charge is 0.461 e. The van der Waals surface area contributed by atoms with E-state index in [4.69, 9.17) is 18.9 Å². The molecule has 0 aliphatic carbocycles. The first-order valence-corrected chi connectivity index (χ1v) is 10.4. The highest BCUT2D eigenvalue weighted by Gasteiger charge is 2.43. The summed E-state index contributed by atoms with van der Waals surface area (Å²) >= 11 is 0. The fourth-order valence-electron chi connectivity index (χ4n) is 3.48. The molecule has 3 aromatic rings. The van der Waals surface area contributed by atoms with Crippen LogP contribution in [-0.4, -0.2) is 30.9 Å². The molecule has 0 aromatic heterocycles. The average molecular weight is 418 g/mol. The number of carbonyl (C=O) groups excluding carboxylic acids is 1. The minimum atomic E-state index is -0.863. The maximum Gasteiger partial charge on any atom is 0.338 e. The number of hydrogen-bond acceptors (Lipinski definition) is 5. The van der Waals surface area contributed by atoms with Gasteiger partial charge in [-0.15, -0.1) is 0 Å². The maximum atomic E-state index is 12.6. The van der Waals surface area contributed by atoms with Gasteiger partial charge in [0.25, 0.3) is 0 Å². The molecule has 160 valence electrons. The summed E-state index contributed by atoms with van der Waals surface area (Å²) in [6.45, 7) is 1.18. The third-order valence-corrected chi connectivity index (χ3v) is 5.15. The molecule has 5 heteroatoms. The predicted molar refractivity (Wildman–Crippen MR) is 116 cm³/mol. The van der Waals surface area contributed by atoms with Gasteiger partial charge in [-0.1, -0.05) is 91.0 Å². The molecule has 1 saturated heterocycles. The number of esters is 1. The van der Waals surface area contributed by atoms with Gasteiger partial charge in [-0.3, -0.25) is 0 Å². The third-order valence-electron chi connectivity index (χ3n) is 5.15. The van der Waals surface area contributed by atoms with Gasteiger partial charge in [0.1, 0.15) is 18.8 Å². The summed E-state index contributed by atoms with van der Waals surface area (Å²) in [6, 6.07) is 29.5. The summed E-state index contributed by atoms with van der Waals surface area (Å²) in [5.74, 6) is -0.423. The van der Waals surface area contributed by atoms with Crippen molar-refractivity contribution in [1.29, 1.82) is 0 Å². The highest BCUT2D eigenvalue weighted by Crippen LogP contribution is 2.23. The lowest BCUT2D eigenvalue weighted by Gasteiger charge is -2.36. The molecule has 4 rings (SSSR count). The first-order chi connectivity index (χ1) is 15.3. The molecule has 3 aromatic carbocycles. The Kier molecular flexibility index (Phi) is 7.45. The first kappa shape index (κ1) is 21.2. The maximum absolute atomic E-state index is 12.6. The fourth-order valence-corrected chi connectivity index (χ4v) is 3.48. The molecule has 0 unspecified atom stereocenters. The SMILES string of the molecule is O=C1OC[C@@H](OCc2ccccc2)[C@H](OCc2ccccc2)[C@H]1OCc1ccccc1. The number of ether oxygens (including phenoxy) is 4. The van der Waals surface area contributed by atoms with Crippen molar-refractivity contribution in [3.63, 3.8) is 0 Å². The van der Waals surface area contributed by atoms with Gasteiger partial charge < -0.3 is 18.9 Å². The number of carbonyl (C=O) groups is 1. The van der Waals surface area contributed by atoms with Crippen LogP contribution in [0.1, 0.15) is 16.7 Å². The van der Waals surface area contributed by atoms with Crippen molar-refractivity contribution in [3.8, 4) is 0 Å². The van der Waals surface area contributed by atoms with Crippen LogP contribution in [0.2, 0.25) is 0 Å². The van der Waals surface area contributed by atoms with Gasteiger partial charge in [-0.2, -0.15) is 0 Å². The molecule has 0 radical (unpaired) electrons. The summed E-state index contributed by atoms with van der Waals surface area (Å²) in [6.07, 6.45) is -1.87. The highest BCUT2D eigenvalue weighted by molar-refractivity contribution is 5.76. The minimum absolute atomic E-state index is 0.135. The van der Waals surface area contributed by atoms with E-state index in [1.165, 1.54) is 0 Å². The molecular weight excluding hydrogens is 392 g/mol. The van der Waals surface area contributed by atoms with Crippen LogP contribution in [-0.2, 0) is 43.6 Å². The zero-order chi connectivity index (χ0) is 21.3. The lowest BCUT2D eigenvalue weighted by Crippen LogP contribution is -2.54. The van der Waals surface area contributed by atoms with E-state index in [1.54, 1.807) is 0 Å². The summed E-state index contributed by atoms with van der Waals surface area (Å²) in [4.78, 5) is 12.6. The first-order valence-electron chi connectivity index (χ1n) is 10.4. The molecule has 0 amide bonds. The van der Waals surface area contributed by atoms with Crippen molar-refractivity contribution in [2.45, 2.75) is 38.1 Å². The topological polar surface area (TPSA) is 54.0 Å². The second-order valence-electron chi connectivity index (χ2n) is 7.44. The molecule has 31 heavy (non-hydrogen) atoms. The van der Waals surface area contributed by atoms with Crippen molar-refractivity contribution in [3.05, 3.63) is 108 Å². The molecule has 0 bridgehead atoms. The average Bonchev–Trinajstić information content (AvgIpc) is 2.83. The van der Waals surface area contributed by atoms with E-state index < -0.39 is 24.3 Å². The molecular formula is C26H26O5. The van der Waals surface area contributed by atoms with Crippen molar-refractivity contribution in [2.24, 2.45) is 0 Å². The molecule has 1 heterocycles. The molecule has 1 aliphatic heterocycles. The van der Waals surface area contributed by atoms with E-state index in [1.807, 2.05) is 91.0 Å². The monoisotopic (exact) mass is 418 g/mol. The minimum Gasteiger partial charge on any atom is -0.461 e. The molecule has 0 saturated carbocycles. The Morgan fingerprint density at radius 1 is 0.645 bits per heavy atom. The van der Waals surface area contributed by atoms with Crippen LogP contribution >= 0.6 is 0 Å². The van der Waals surface area contributed by atoms with Crippen molar-refractivity contribution in [1.82, 2.24) is 0 Å². The molecule has 1 fully saturated rings. The number of cyclic esters (lactones) is 1. The van der Waals surface area contributed by atoms with Crippen LogP contribution in [0.5, 0.6) is 0 Å². The summed E-state index contributed by atoms with van der Waals surface area (Å²) < 4.78 is 23.7. The van der Waals surface area contributed by atoms with Crippen molar-refractivity contribution in [2.75, 3.05) is 6.61 Å². The van der Waals surface area contributed by atoms with Crippen LogP contribution in [0.3, 0.4) is 0 Å². The lowest BCUT2D eigenvalue weighted by atomic mass is 10.0. The zero-order valence-corrected chi connectivity index (χ0v) is 17.3. The Morgan fingerprint density at radius 2 is 1.10 bits per heavy atom. The van der Waals surface area contributed by atoms with Gasteiger partial charge in [-0.25, -0.2) is 4.79 Å².